The number of hydrogen-bond donors (Lipinski definition) is 3. The highest BCUT2D eigenvalue weighted by atomic mass is 15.1. The summed E-state index contributed by atoms with van der Waals surface area (Å²) in [6.45, 7) is 0. The van der Waals surface area contributed by atoms with Crippen molar-refractivity contribution < 1.29 is 0 Å². The second-order valence-corrected chi connectivity index (χ2v) is 3.94. The normalized spacial score (nSPS) is 10.8. The maximum absolute atomic E-state index is 5.97. The summed E-state index contributed by atoms with van der Waals surface area (Å²) < 4.78 is 0. The van der Waals surface area contributed by atoms with Crippen molar-refractivity contribution in [3.8, 4) is 11.3 Å². The summed E-state index contributed by atoms with van der Waals surface area (Å²) in [6.07, 6.45) is 1.73. The third-order valence-electron chi connectivity index (χ3n) is 2.90. The molecule has 4 nitrogen and oxygen atoms in total. The SMILES string of the molecule is Nc1cccc2c(-c3ccn[nH]3)ccc(N)c12. The van der Waals surface area contributed by atoms with Crippen LogP contribution in [0.2, 0.25) is 0 Å². The molecule has 0 spiro atoms. The molecule has 2 aromatic carbocycles. The van der Waals surface area contributed by atoms with Gasteiger partial charge in [-0.05, 0) is 23.6 Å². The summed E-state index contributed by atoms with van der Waals surface area (Å²) in [7, 11) is 0. The zero-order chi connectivity index (χ0) is 11.8. The van der Waals surface area contributed by atoms with Crippen LogP contribution in [0.3, 0.4) is 0 Å². The van der Waals surface area contributed by atoms with Crippen molar-refractivity contribution in [2.45, 2.75) is 0 Å². The first-order valence-corrected chi connectivity index (χ1v) is 5.34. The monoisotopic (exact) mass is 224 g/mol. The maximum Gasteiger partial charge on any atom is 0.0656 e. The fourth-order valence-electron chi connectivity index (χ4n) is 2.10. The Morgan fingerprint density at radius 3 is 2.53 bits per heavy atom. The summed E-state index contributed by atoms with van der Waals surface area (Å²) in [4.78, 5) is 0. The molecule has 3 rings (SSSR count). The summed E-state index contributed by atoms with van der Waals surface area (Å²) in [5, 5.41) is 8.85. The number of aromatic amines is 1. The molecule has 4 heteroatoms. The standard InChI is InChI=1S/C13H12N4/c14-10-3-1-2-9-8(12-6-7-16-17-12)4-5-11(15)13(9)10/h1-7H,14-15H2,(H,16,17). The van der Waals surface area contributed by atoms with Gasteiger partial charge in [-0.2, -0.15) is 5.10 Å². The van der Waals surface area contributed by atoms with E-state index in [1.807, 2.05) is 36.4 Å². The molecular formula is C13H12N4. The number of nitrogen functional groups attached to an aromatic ring is 2. The molecule has 0 aliphatic carbocycles. The number of H-pyrrole nitrogens is 1. The summed E-state index contributed by atoms with van der Waals surface area (Å²) in [6, 6.07) is 11.6. The van der Waals surface area contributed by atoms with Gasteiger partial charge in [0.15, 0.2) is 0 Å². The van der Waals surface area contributed by atoms with Gasteiger partial charge in [0.25, 0.3) is 0 Å². The molecule has 0 unspecified atom stereocenters. The number of hydrogen-bond acceptors (Lipinski definition) is 3. The van der Waals surface area contributed by atoms with Crippen LogP contribution in [0.4, 0.5) is 11.4 Å². The van der Waals surface area contributed by atoms with Crippen molar-refractivity contribution >= 4 is 22.1 Å². The topological polar surface area (TPSA) is 80.7 Å². The summed E-state index contributed by atoms with van der Waals surface area (Å²) in [5.74, 6) is 0. The van der Waals surface area contributed by atoms with Gasteiger partial charge >= 0.3 is 0 Å². The zero-order valence-electron chi connectivity index (χ0n) is 9.14. The van der Waals surface area contributed by atoms with Crippen LogP contribution < -0.4 is 11.5 Å². The number of rotatable bonds is 1. The van der Waals surface area contributed by atoms with E-state index in [2.05, 4.69) is 10.2 Å². The van der Waals surface area contributed by atoms with E-state index in [1.165, 1.54) is 0 Å². The van der Waals surface area contributed by atoms with E-state index in [0.29, 0.717) is 11.4 Å². The number of fused-ring (bicyclic) bond motifs is 1. The van der Waals surface area contributed by atoms with E-state index in [0.717, 1.165) is 22.0 Å². The molecule has 1 aromatic heterocycles. The second-order valence-electron chi connectivity index (χ2n) is 3.94. The van der Waals surface area contributed by atoms with Crippen LogP contribution in [0.5, 0.6) is 0 Å². The van der Waals surface area contributed by atoms with Crippen molar-refractivity contribution in [1.29, 1.82) is 0 Å². The first-order valence-electron chi connectivity index (χ1n) is 5.34. The van der Waals surface area contributed by atoms with Crippen LogP contribution in [-0.2, 0) is 0 Å². The van der Waals surface area contributed by atoms with Gasteiger partial charge in [0.1, 0.15) is 0 Å². The Kier molecular flexibility index (Phi) is 2.01. The Morgan fingerprint density at radius 2 is 1.76 bits per heavy atom. The molecule has 0 fully saturated rings. The van der Waals surface area contributed by atoms with Crippen molar-refractivity contribution in [3.63, 3.8) is 0 Å². The summed E-state index contributed by atoms with van der Waals surface area (Å²) in [5.41, 5.74) is 15.4. The van der Waals surface area contributed by atoms with Gasteiger partial charge in [0.05, 0.1) is 5.69 Å². The third-order valence-corrected chi connectivity index (χ3v) is 2.90. The highest BCUT2D eigenvalue weighted by Crippen LogP contribution is 2.34. The van der Waals surface area contributed by atoms with Gasteiger partial charge in [0.2, 0.25) is 0 Å². The first kappa shape index (κ1) is 9.72. The van der Waals surface area contributed by atoms with Crippen LogP contribution in [0.1, 0.15) is 0 Å². The Bertz CT molecular complexity index is 663. The third kappa shape index (κ3) is 1.42. The predicted octanol–water partition coefficient (Wildman–Crippen LogP) is 2.39. The lowest BCUT2D eigenvalue weighted by molar-refractivity contribution is 1.10. The van der Waals surface area contributed by atoms with E-state index in [4.69, 9.17) is 11.5 Å². The minimum absolute atomic E-state index is 0.696. The van der Waals surface area contributed by atoms with Gasteiger partial charge < -0.3 is 11.5 Å². The average Bonchev–Trinajstić information content (AvgIpc) is 2.83. The molecule has 0 amide bonds. The van der Waals surface area contributed by atoms with E-state index in [1.54, 1.807) is 6.20 Å². The smallest absolute Gasteiger partial charge is 0.0656 e. The second kappa shape index (κ2) is 3.52. The quantitative estimate of drug-likeness (QED) is 0.555. The Morgan fingerprint density at radius 1 is 0.941 bits per heavy atom. The van der Waals surface area contributed by atoms with Crippen molar-refractivity contribution in [2.75, 3.05) is 11.5 Å². The largest absolute Gasteiger partial charge is 0.398 e. The minimum Gasteiger partial charge on any atom is -0.398 e. The Balaban J connectivity index is 2.42. The molecule has 1 heterocycles. The number of aromatic nitrogens is 2. The molecule has 0 bridgehead atoms. The molecule has 5 N–H and O–H groups in total. The minimum atomic E-state index is 0.696. The van der Waals surface area contributed by atoms with Crippen LogP contribution in [0, 0.1) is 0 Å². The highest BCUT2D eigenvalue weighted by molar-refractivity contribution is 6.08. The first-order chi connectivity index (χ1) is 8.27. The molecular weight excluding hydrogens is 212 g/mol. The summed E-state index contributed by atoms with van der Waals surface area (Å²) >= 11 is 0. The van der Waals surface area contributed by atoms with Crippen LogP contribution in [0.15, 0.2) is 42.6 Å². The van der Waals surface area contributed by atoms with E-state index in [9.17, 15) is 0 Å². The van der Waals surface area contributed by atoms with Crippen molar-refractivity contribution in [2.24, 2.45) is 0 Å². The average molecular weight is 224 g/mol. The number of nitrogens with one attached hydrogen (secondary N) is 1. The van der Waals surface area contributed by atoms with Crippen LogP contribution in [-0.4, -0.2) is 10.2 Å². The van der Waals surface area contributed by atoms with Crippen LogP contribution >= 0.6 is 0 Å². The van der Waals surface area contributed by atoms with E-state index < -0.39 is 0 Å². The molecule has 84 valence electrons. The van der Waals surface area contributed by atoms with Crippen molar-refractivity contribution in [3.05, 3.63) is 42.6 Å². The Labute approximate surface area is 98.2 Å². The molecule has 0 saturated carbocycles. The van der Waals surface area contributed by atoms with E-state index in [-0.39, 0.29) is 0 Å². The Hall–Kier alpha value is -2.49. The highest BCUT2D eigenvalue weighted by Gasteiger charge is 2.08. The fourth-order valence-corrected chi connectivity index (χ4v) is 2.10. The van der Waals surface area contributed by atoms with Gasteiger partial charge in [-0.1, -0.05) is 18.2 Å². The molecule has 0 radical (unpaired) electrons. The predicted molar refractivity (Wildman–Crippen MR) is 70.4 cm³/mol. The number of benzene rings is 2. The molecule has 17 heavy (non-hydrogen) atoms. The molecule has 0 atom stereocenters. The number of nitrogens with zero attached hydrogens (tertiary/aromatic N) is 1. The number of anilines is 2. The van der Waals surface area contributed by atoms with Gasteiger partial charge in [-0.3, -0.25) is 5.10 Å². The van der Waals surface area contributed by atoms with E-state index >= 15 is 0 Å². The van der Waals surface area contributed by atoms with Gasteiger partial charge in [-0.25, -0.2) is 0 Å². The maximum atomic E-state index is 5.97. The lowest BCUT2D eigenvalue weighted by Gasteiger charge is -2.09. The fraction of sp³-hybridized carbons (Fsp3) is 0. The van der Waals surface area contributed by atoms with Crippen LogP contribution in [0.25, 0.3) is 22.0 Å². The zero-order valence-corrected chi connectivity index (χ0v) is 9.14. The van der Waals surface area contributed by atoms with Gasteiger partial charge in [-0.15, -0.1) is 0 Å². The number of nitrogens with two attached hydrogens (primary N) is 2. The van der Waals surface area contributed by atoms with Crippen molar-refractivity contribution in [1.82, 2.24) is 10.2 Å². The molecule has 0 aliphatic heterocycles. The lowest BCUT2D eigenvalue weighted by Crippen LogP contribution is -1.94. The molecule has 0 aliphatic rings. The lowest BCUT2D eigenvalue weighted by atomic mass is 9.99. The molecule has 0 saturated heterocycles. The van der Waals surface area contributed by atoms with Gasteiger partial charge in [0, 0.05) is 28.5 Å². The molecule has 3 aromatic rings.